The van der Waals surface area contributed by atoms with E-state index in [9.17, 15) is 31.1 Å². The van der Waals surface area contributed by atoms with Crippen LogP contribution in [-0.4, -0.2) is 42.4 Å². The van der Waals surface area contributed by atoms with Crippen LogP contribution in [0.15, 0.2) is 72.8 Å². The van der Waals surface area contributed by atoms with Gasteiger partial charge in [-0.2, -0.15) is 26.3 Å². The van der Waals surface area contributed by atoms with Crippen molar-refractivity contribution in [2.24, 2.45) is 0 Å². The van der Waals surface area contributed by atoms with Gasteiger partial charge < -0.3 is 10.2 Å². The highest BCUT2D eigenvalue weighted by Gasteiger charge is 2.38. The zero-order chi connectivity index (χ0) is 28.9. The molecule has 4 nitrogen and oxygen atoms in total. The molecule has 0 radical (unpaired) electrons. The summed E-state index contributed by atoms with van der Waals surface area (Å²) < 4.78 is 79.5. The summed E-state index contributed by atoms with van der Waals surface area (Å²) in [6, 6.07) is 18.3. The number of carbonyl (C=O) groups excluding carboxylic acids is 1. The smallest absolute Gasteiger partial charge is 0.350 e. The number of halogens is 6. The molecule has 1 heterocycles. The number of aryl methyl sites for hydroxylation is 1. The second kappa shape index (κ2) is 12.4. The van der Waals surface area contributed by atoms with Crippen molar-refractivity contribution in [3.05, 3.63) is 106 Å². The number of hydrogen-bond donors (Lipinski definition) is 1. The molecule has 0 aromatic heterocycles. The second-order valence-corrected chi connectivity index (χ2v) is 10.1. The van der Waals surface area contributed by atoms with Gasteiger partial charge in [0.2, 0.25) is 5.91 Å². The van der Waals surface area contributed by atoms with E-state index in [2.05, 4.69) is 22.3 Å². The lowest BCUT2D eigenvalue weighted by atomic mass is 10.0. The van der Waals surface area contributed by atoms with Gasteiger partial charge in [-0.1, -0.05) is 54.6 Å². The summed E-state index contributed by atoms with van der Waals surface area (Å²) in [4.78, 5) is 17.5. The third-order valence-corrected chi connectivity index (χ3v) is 7.07. The summed E-state index contributed by atoms with van der Waals surface area (Å²) in [5, 5.41) is 2.58. The minimum absolute atomic E-state index is 0.0800. The van der Waals surface area contributed by atoms with E-state index in [-0.39, 0.29) is 11.6 Å². The molecule has 0 aliphatic carbocycles. The van der Waals surface area contributed by atoms with Crippen LogP contribution in [0.5, 0.6) is 0 Å². The molecular weight excluding hydrogens is 532 g/mol. The fourth-order valence-corrected chi connectivity index (χ4v) is 4.98. The predicted octanol–water partition coefficient (Wildman–Crippen LogP) is 6.46. The molecular formula is C30H31F6N3O. The van der Waals surface area contributed by atoms with Gasteiger partial charge in [0.05, 0.1) is 11.1 Å². The molecule has 1 aliphatic heterocycles. The van der Waals surface area contributed by atoms with Crippen LogP contribution in [0.1, 0.15) is 45.8 Å². The zero-order valence-electron chi connectivity index (χ0n) is 22.0. The summed E-state index contributed by atoms with van der Waals surface area (Å²) in [6.45, 7) is 2.18. The molecule has 0 saturated heterocycles. The molecule has 40 heavy (non-hydrogen) atoms. The maximum atomic E-state index is 13.3. The molecule has 1 unspecified atom stereocenters. The Morgan fingerprint density at radius 1 is 0.875 bits per heavy atom. The first-order valence-electron chi connectivity index (χ1n) is 13.0. The number of rotatable bonds is 10. The number of amides is 1. The SMILES string of the molecule is CN(CCCc1ccccc1)CCN1Cc2ccccc2C1C(=O)NCc1cc(C(F)(F)F)cc(C(F)(F)F)c1. The number of hydrogen-bond acceptors (Lipinski definition) is 3. The third-order valence-electron chi connectivity index (χ3n) is 7.07. The Morgan fingerprint density at radius 3 is 2.15 bits per heavy atom. The van der Waals surface area contributed by atoms with E-state index in [1.807, 2.05) is 48.3 Å². The van der Waals surface area contributed by atoms with E-state index in [0.29, 0.717) is 31.8 Å². The average molecular weight is 564 g/mol. The summed E-state index contributed by atoms with van der Waals surface area (Å²) in [5.41, 5.74) is -0.0683. The maximum Gasteiger partial charge on any atom is 0.416 e. The Hall–Kier alpha value is -3.37. The van der Waals surface area contributed by atoms with Crippen molar-refractivity contribution in [2.75, 3.05) is 26.7 Å². The topological polar surface area (TPSA) is 35.6 Å². The fourth-order valence-electron chi connectivity index (χ4n) is 4.98. The molecule has 0 bridgehead atoms. The van der Waals surface area contributed by atoms with Crippen molar-refractivity contribution in [3.8, 4) is 0 Å². The van der Waals surface area contributed by atoms with E-state index in [1.165, 1.54) is 5.56 Å². The van der Waals surface area contributed by atoms with Gasteiger partial charge in [-0.05, 0) is 66.9 Å². The van der Waals surface area contributed by atoms with Crippen molar-refractivity contribution in [1.29, 1.82) is 0 Å². The molecule has 214 valence electrons. The van der Waals surface area contributed by atoms with Crippen molar-refractivity contribution in [2.45, 2.75) is 44.3 Å². The first-order valence-corrected chi connectivity index (χ1v) is 13.0. The van der Waals surface area contributed by atoms with Crippen LogP contribution >= 0.6 is 0 Å². The van der Waals surface area contributed by atoms with Crippen LogP contribution < -0.4 is 5.32 Å². The molecule has 0 saturated carbocycles. The maximum absolute atomic E-state index is 13.3. The molecule has 3 aromatic carbocycles. The van der Waals surface area contributed by atoms with Crippen LogP contribution in [0, 0.1) is 0 Å². The average Bonchev–Trinajstić information content (AvgIpc) is 3.28. The summed E-state index contributed by atoms with van der Waals surface area (Å²) >= 11 is 0. The standard InChI is InChI=1S/C30H31F6N3O/c1-38(13-7-10-21-8-3-2-4-9-21)14-15-39-20-23-11-5-6-12-26(23)27(39)28(40)37-19-22-16-24(29(31,32)33)18-25(17-22)30(34,35)36/h2-6,8-9,11-12,16-18,27H,7,10,13-15,19-20H2,1H3,(H,37,40). The Balaban J connectivity index is 1.41. The monoisotopic (exact) mass is 563 g/mol. The zero-order valence-corrected chi connectivity index (χ0v) is 22.0. The van der Waals surface area contributed by atoms with E-state index in [0.717, 1.165) is 30.5 Å². The second-order valence-electron chi connectivity index (χ2n) is 10.1. The molecule has 0 fully saturated rings. The highest BCUT2D eigenvalue weighted by Crippen LogP contribution is 2.37. The lowest BCUT2D eigenvalue weighted by molar-refractivity contribution is -0.143. The molecule has 10 heteroatoms. The summed E-state index contributed by atoms with van der Waals surface area (Å²) in [5.74, 6) is -0.470. The van der Waals surface area contributed by atoms with Crippen molar-refractivity contribution in [1.82, 2.24) is 15.1 Å². The van der Waals surface area contributed by atoms with Crippen LogP contribution in [0.25, 0.3) is 0 Å². The highest BCUT2D eigenvalue weighted by atomic mass is 19.4. The normalized spacial score (nSPS) is 15.8. The Labute approximate surface area is 229 Å². The molecule has 1 atom stereocenters. The number of likely N-dealkylation sites (N-methyl/N-ethyl adjacent to an activating group) is 1. The van der Waals surface area contributed by atoms with Gasteiger partial charge in [0, 0.05) is 26.2 Å². The van der Waals surface area contributed by atoms with Gasteiger partial charge in [-0.3, -0.25) is 9.69 Å². The number of alkyl halides is 6. The number of nitrogens with one attached hydrogen (secondary N) is 1. The van der Waals surface area contributed by atoms with Crippen LogP contribution in [-0.2, 0) is 36.7 Å². The molecule has 1 amide bonds. The van der Waals surface area contributed by atoms with Crippen molar-refractivity contribution in [3.63, 3.8) is 0 Å². The van der Waals surface area contributed by atoms with Crippen LogP contribution in [0.4, 0.5) is 26.3 Å². The van der Waals surface area contributed by atoms with Gasteiger partial charge in [0.25, 0.3) is 0 Å². The van der Waals surface area contributed by atoms with Gasteiger partial charge in [-0.25, -0.2) is 0 Å². The van der Waals surface area contributed by atoms with E-state index >= 15 is 0 Å². The Bertz CT molecular complexity index is 1260. The van der Waals surface area contributed by atoms with Crippen molar-refractivity contribution < 1.29 is 31.1 Å². The molecule has 1 aliphatic rings. The largest absolute Gasteiger partial charge is 0.416 e. The van der Waals surface area contributed by atoms with Crippen molar-refractivity contribution >= 4 is 5.91 Å². The van der Waals surface area contributed by atoms with E-state index < -0.39 is 42.0 Å². The molecule has 4 rings (SSSR count). The number of nitrogens with zero attached hydrogens (tertiary/aromatic N) is 2. The summed E-state index contributed by atoms with van der Waals surface area (Å²) in [6.07, 6.45) is -7.97. The summed E-state index contributed by atoms with van der Waals surface area (Å²) in [7, 11) is 2.01. The molecule has 1 N–H and O–H groups in total. The van der Waals surface area contributed by atoms with Crippen LogP contribution in [0.3, 0.4) is 0 Å². The van der Waals surface area contributed by atoms with Gasteiger partial charge >= 0.3 is 12.4 Å². The predicted molar refractivity (Wildman–Crippen MR) is 140 cm³/mol. The van der Waals surface area contributed by atoms with E-state index in [1.54, 1.807) is 6.07 Å². The Kier molecular flexibility index (Phi) is 9.20. The molecule has 0 spiro atoms. The highest BCUT2D eigenvalue weighted by molar-refractivity contribution is 5.84. The van der Waals surface area contributed by atoms with Crippen LogP contribution in [0.2, 0.25) is 0 Å². The van der Waals surface area contributed by atoms with Gasteiger partial charge in [-0.15, -0.1) is 0 Å². The van der Waals surface area contributed by atoms with E-state index in [4.69, 9.17) is 0 Å². The lowest BCUT2D eigenvalue weighted by Gasteiger charge is -2.27. The quantitative estimate of drug-likeness (QED) is 0.288. The third kappa shape index (κ3) is 7.63. The first kappa shape index (κ1) is 29.6. The molecule has 3 aromatic rings. The fraction of sp³-hybridized carbons (Fsp3) is 0.367. The minimum atomic E-state index is -4.95. The Morgan fingerprint density at radius 2 is 1.50 bits per heavy atom. The minimum Gasteiger partial charge on any atom is -0.350 e. The van der Waals surface area contributed by atoms with Gasteiger partial charge in [0.1, 0.15) is 6.04 Å². The lowest BCUT2D eigenvalue weighted by Crippen LogP contribution is -2.40. The number of fused-ring (bicyclic) bond motifs is 1. The van der Waals surface area contributed by atoms with Gasteiger partial charge in [0.15, 0.2) is 0 Å². The first-order chi connectivity index (χ1) is 18.9. The number of benzene rings is 3. The number of carbonyl (C=O) groups is 1.